The average molecular weight is 425 g/mol. The molecular weight excluding hydrogens is 394 g/mol. The van der Waals surface area contributed by atoms with Crippen LogP contribution in [0.25, 0.3) is 10.2 Å². The van der Waals surface area contributed by atoms with Gasteiger partial charge in [-0.25, -0.2) is 4.98 Å². The Hall–Kier alpha value is -2.44. The van der Waals surface area contributed by atoms with E-state index in [0.29, 0.717) is 12.5 Å². The van der Waals surface area contributed by atoms with Crippen molar-refractivity contribution in [2.75, 3.05) is 13.7 Å². The number of hydrogen-bond donors (Lipinski definition) is 2. The first-order chi connectivity index (χ1) is 14.5. The number of hydrogen-bond acceptors (Lipinski definition) is 4. The number of ether oxygens (including phenoxy) is 1. The van der Waals surface area contributed by atoms with E-state index in [2.05, 4.69) is 44.6 Å². The molecule has 0 bridgehead atoms. The van der Waals surface area contributed by atoms with Gasteiger partial charge >= 0.3 is 0 Å². The lowest BCUT2D eigenvalue weighted by molar-refractivity contribution is -0.924. The van der Waals surface area contributed by atoms with Gasteiger partial charge < -0.3 is 14.6 Å². The molecule has 158 valence electrons. The Morgan fingerprint density at radius 3 is 2.90 bits per heavy atom. The van der Waals surface area contributed by atoms with Gasteiger partial charge in [0.1, 0.15) is 29.8 Å². The van der Waals surface area contributed by atoms with Gasteiger partial charge in [0.2, 0.25) is 0 Å². The lowest BCUT2D eigenvalue weighted by Crippen LogP contribution is -3.07. The van der Waals surface area contributed by atoms with Gasteiger partial charge in [-0.1, -0.05) is 19.6 Å². The molecule has 1 unspecified atom stereocenters. The number of thiophene rings is 1. The van der Waals surface area contributed by atoms with Crippen LogP contribution in [0.1, 0.15) is 48.1 Å². The molecule has 0 radical (unpaired) electrons. The highest BCUT2D eigenvalue weighted by molar-refractivity contribution is 7.18. The maximum Gasteiger partial charge on any atom is 0.260 e. The van der Waals surface area contributed by atoms with Crippen molar-refractivity contribution in [3.05, 3.63) is 69.1 Å². The number of H-pyrrole nitrogens is 1. The summed E-state index contributed by atoms with van der Waals surface area (Å²) in [5.74, 6) is 2.30. The topological polar surface area (TPSA) is 59.4 Å². The Morgan fingerprint density at radius 1 is 1.40 bits per heavy atom. The molecule has 2 N–H and O–H groups in total. The van der Waals surface area contributed by atoms with E-state index in [-0.39, 0.29) is 11.6 Å². The van der Waals surface area contributed by atoms with Crippen molar-refractivity contribution in [1.29, 1.82) is 0 Å². The van der Waals surface area contributed by atoms with E-state index in [1.807, 2.05) is 12.1 Å². The molecule has 3 aromatic rings. The summed E-state index contributed by atoms with van der Waals surface area (Å²) >= 11 is 1.71. The van der Waals surface area contributed by atoms with Gasteiger partial charge in [-0.3, -0.25) is 4.79 Å². The summed E-state index contributed by atoms with van der Waals surface area (Å²) in [6.45, 7) is 9.42. The van der Waals surface area contributed by atoms with Crippen molar-refractivity contribution < 1.29 is 9.64 Å². The number of quaternary nitrogens is 1. The van der Waals surface area contributed by atoms with Crippen LogP contribution in [0.4, 0.5) is 0 Å². The molecule has 3 atom stereocenters. The maximum absolute atomic E-state index is 12.9. The molecule has 1 aromatic carbocycles. The second-order valence-corrected chi connectivity index (χ2v) is 9.56. The summed E-state index contributed by atoms with van der Waals surface area (Å²) in [6, 6.07) is 8.22. The zero-order valence-electron chi connectivity index (χ0n) is 18.0. The maximum atomic E-state index is 12.9. The molecule has 0 aliphatic heterocycles. The van der Waals surface area contributed by atoms with Crippen LogP contribution in [-0.4, -0.2) is 23.6 Å². The van der Waals surface area contributed by atoms with Gasteiger partial charge in [-0.2, -0.15) is 0 Å². The van der Waals surface area contributed by atoms with Gasteiger partial charge in [-0.15, -0.1) is 11.3 Å². The van der Waals surface area contributed by atoms with Crippen LogP contribution >= 0.6 is 11.3 Å². The van der Waals surface area contributed by atoms with Crippen LogP contribution in [0, 0.1) is 5.92 Å². The summed E-state index contributed by atoms with van der Waals surface area (Å²) < 4.78 is 5.55. The smallest absolute Gasteiger partial charge is 0.260 e. The SMILES string of the molecule is C=CCOc1ccc(C[NH+](C)[C@@H](C)c2nc3sc4c(c3c(=O)[nH]2)CC[C@@H](C)C4)cc1. The number of aromatic amines is 1. The minimum Gasteiger partial charge on any atom is -0.490 e. The third-order valence-corrected chi connectivity index (χ3v) is 7.26. The summed E-state index contributed by atoms with van der Waals surface area (Å²) in [6.07, 6.45) is 4.95. The zero-order chi connectivity index (χ0) is 21.3. The molecule has 30 heavy (non-hydrogen) atoms. The van der Waals surface area contributed by atoms with E-state index in [0.717, 1.165) is 47.6 Å². The first-order valence-electron chi connectivity index (χ1n) is 10.7. The fraction of sp³-hybridized carbons (Fsp3) is 0.417. The van der Waals surface area contributed by atoms with E-state index in [4.69, 9.17) is 9.72 Å². The van der Waals surface area contributed by atoms with Crippen molar-refractivity contribution in [3.8, 4) is 5.75 Å². The average Bonchev–Trinajstić information content (AvgIpc) is 3.10. The number of benzene rings is 1. The highest BCUT2D eigenvalue weighted by Crippen LogP contribution is 2.35. The number of aromatic nitrogens is 2. The predicted octanol–water partition coefficient (Wildman–Crippen LogP) is 3.45. The van der Waals surface area contributed by atoms with Gasteiger partial charge in [0, 0.05) is 10.4 Å². The summed E-state index contributed by atoms with van der Waals surface area (Å²) in [5.41, 5.74) is 2.47. The molecule has 0 saturated carbocycles. The van der Waals surface area contributed by atoms with Crippen molar-refractivity contribution in [2.45, 2.75) is 45.7 Å². The van der Waals surface area contributed by atoms with Gasteiger partial charge in [0.05, 0.1) is 12.4 Å². The first kappa shape index (κ1) is 20.8. The van der Waals surface area contributed by atoms with Crippen LogP contribution < -0.4 is 15.2 Å². The highest BCUT2D eigenvalue weighted by Gasteiger charge is 2.25. The second kappa shape index (κ2) is 8.74. The third kappa shape index (κ3) is 4.20. The lowest BCUT2D eigenvalue weighted by atomic mass is 9.89. The van der Waals surface area contributed by atoms with Crippen LogP contribution in [0.3, 0.4) is 0 Å². The molecule has 0 fully saturated rings. The zero-order valence-corrected chi connectivity index (χ0v) is 18.8. The number of nitrogens with one attached hydrogen (secondary N) is 2. The van der Waals surface area contributed by atoms with Crippen molar-refractivity contribution >= 4 is 21.6 Å². The summed E-state index contributed by atoms with van der Waals surface area (Å²) in [7, 11) is 2.14. The lowest BCUT2D eigenvalue weighted by Gasteiger charge is -2.21. The minimum absolute atomic E-state index is 0.0189. The van der Waals surface area contributed by atoms with E-state index in [9.17, 15) is 4.79 Å². The number of aryl methyl sites for hydroxylation is 1. The van der Waals surface area contributed by atoms with Gasteiger partial charge in [-0.05, 0) is 61.9 Å². The number of rotatable bonds is 7. The number of nitrogens with zero attached hydrogens (tertiary/aromatic N) is 1. The standard InChI is InChI=1S/C24H29N3O2S/c1-5-12-29-18-9-7-17(8-10-18)14-27(4)16(3)22-25-23(28)21-19-11-6-15(2)13-20(19)30-24(21)26-22/h5,7-10,15-16H,1,6,11-14H2,2-4H3,(H,25,26,28)/p+1/t15-,16+/m1/s1. The van der Waals surface area contributed by atoms with Crippen molar-refractivity contribution in [1.82, 2.24) is 9.97 Å². The monoisotopic (exact) mass is 424 g/mol. The van der Waals surface area contributed by atoms with E-state index >= 15 is 0 Å². The Balaban J connectivity index is 1.53. The highest BCUT2D eigenvalue weighted by atomic mass is 32.1. The third-order valence-electron chi connectivity index (χ3n) is 6.11. The molecule has 2 heterocycles. The molecule has 5 nitrogen and oxygen atoms in total. The van der Waals surface area contributed by atoms with Crippen LogP contribution in [0.5, 0.6) is 5.75 Å². The van der Waals surface area contributed by atoms with Crippen LogP contribution in [0.15, 0.2) is 41.7 Å². The molecule has 0 spiro atoms. The van der Waals surface area contributed by atoms with E-state index in [1.165, 1.54) is 20.9 Å². The molecule has 4 rings (SSSR count). The Morgan fingerprint density at radius 2 is 2.17 bits per heavy atom. The predicted molar refractivity (Wildman–Crippen MR) is 123 cm³/mol. The second-order valence-electron chi connectivity index (χ2n) is 8.47. The minimum atomic E-state index is 0.0189. The summed E-state index contributed by atoms with van der Waals surface area (Å²) in [5, 5.41) is 0.825. The first-order valence-corrected chi connectivity index (χ1v) is 11.5. The molecule has 1 aliphatic rings. The quantitative estimate of drug-likeness (QED) is 0.571. The molecular formula is C24H30N3O2S+. The Kier molecular flexibility index (Phi) is 6.06. The fourth-order valence-electron chi connectivity index (χ4n) is 4.14. The van der Waals surface area contributed by atoms with Gasteiger partial charge in [0.15, 0.2) is 5.82 Å². The van der Waals surface area contributed by atoms with Crippen LogP contribution in [0.2, 0.25) is 0 Å². The molecule has 2 aromatic heterocycles. The van der Waals surface area contributed by atoms with Crippen molar-refractivity contribution in [3.63, 3.8) is 0 Å². The largest absolute Gasteiger partial charge is 0.490 e. The van der Waals surface area contributed by atoms with E-state index < -0.39 is 0 Å². The Bertz CT molecular complexity index is 1100. The van der Waals surface area contributed by atoms with E-state index in [1.54, 1.807) is 17.4 Å². The normalized spacial score (nSPS) is 18.0. The fourth-order valence-corrected chi connectivity index (χ4v) is 5.53. The summed E-state index contributed by atoms with van der Waals surface area (Å²) in [4.78, 5) is 24.4. The van der Waals surface area contributed by atoms with Crippen molar-refractivity contribution in [2.24, 2.45) is 5.92 Å². The molecule has 1 aliphatic carbocycles. The number of fused-ring (bicyclic) bond motifs is 3. The molecule has 0 saturated heterocycles. The molecule has 0 amide bonds. The van der Waals surface area contributed by atoms with Gasteiger partial charge in [0.25, 0.3) is 5.56 Å². The Labute approximate surface area is 181 Å². The molecule has 6 heteroatoms. The van der Waals surface area contributed by atoms with Crippen LogP contribution in [-0.2, 0) is 19.4 Å².